The van der Waals surface area contributed by atoms with Gasteiger partial charge in [-0.15, -0.1) is 23.2 Å². The molecule has 0 aromatic heterocycles. The first-order chi connectivity index (χ1) is 16.4. The summed E-state index contributed by atoms with van der Waals surface area (Å²) in [7, 11) is 0. The lowest BCUT2D eigenvalue weighted by Gasteiger charge is -2.11. The first-order valence-corrected chi connectivity index (χ1v) is 11.8. The minimum atomic E-state index is -1.38. The number of amides is 2. The lowest BCUT2D eigenvalue weighted by Crippen LogP contribution is -2.18. The SMILES string of the molecule is Nc1c(F)ccc(NC(=O)c2cc(NC(=O)C3[C@H](c4ccc(Cl)c(Cl)c4)C3(Cl)Cl)ccc2Cl)c1F. The second-order valence-corrected chi connectivity index (χ2v) is 10.4. The number of hydrogen-bond donors (Lipinski definition) is 3. The number of carbonyl (C=O) groups excluding carboxylic acids is 2. The maximum atomic E-state index is 14.2. The summed E-state index contributed by atoms with van der Waals surface area (Å²) in [6, 6.07) is 10.9. The number of halogens is 7. The van der Waals surface area contributed by atoms with Gasteiger partial charge in [0.05, 0.1) is 32.2 Å². The standard InChI is InChI=1S/C23H14Cl5F2N3O2/c24-12-4-2-10(8-11(12)21(34)33-16-6-5-15(29)20(31)19(16)30)32-22(35)18-17(23(18,27)28)9-1-3-13(25)14(26)7-9/h1-8,17-18H,31H2,(H,32,35)(H,33,34)/t17-,18?/m0/s1. The molecule has 3 aromatic rings. The van der Waals surface area contributed by atoms with Crippen LogP contribution in [0.1, 0.15) is 21.8 Å². The molecule has 0 bridgehead atoms. The first-order valence-electron chi connectivity index (χ1n) is 9.89. The third-order valence-corrected chi connectivity index (χ3v) is 7.50. The highest BCUT2D eigenvalue weighted by atomic mass is 35.5. The molecule has 0 heterocycles. The van der Waals surface area contributed by atoms with Crippen LogP contribution < -0.4 is 16.4 Å². The summed E-state index contributed by atoms with van der Waals surface area (Å²) in [5.41, 5.74) is 5.03. The molecular weight excluding hydrogens is 566 g/mol. The monoisotopic (exact) mass is 577 g/mol. The highest BCUT2D eigenvalue weighted by Crippen LogP contribution is 2.65. The maximum absolute atomic E-state index is 14.2. The zero-order valence-corrected chi connectivity index (χ0v) is 21.1. The van der Waals surface area contributed by atoms with Crippen molar-refractivity contribution in [3.63, 3.8) is 0 Å². The Morgan fingerprint density at radius 1 is 0.886 bits per heavy atom. The van der Waals surface area contributed by atoms with Crippen LogP contribution >= 0.6 is 58.0 Å². The molecule has 3 aromatic carbocycles. The van der Waals surface area contributed by atoms with Crippen molar-refractivity contribution in [1.29, 1.82) is 0 Å². The molecular formula is C23H14Cl5F2N3O2. The molecule has 4 N–H and O–H groups in total. The predicted octanol–water partition coefficient (Wildman–Crippen LogP) is 7.29. The van der Waals surface area contributed by atoms with E-state index in [-0.39, 0.29) is 22.0 Å². The van der Waals surface area contributed by atoms with Gasteiger partial charge in [-0.25, -0.2) is 8.78 Å². The van der Waals surface area contributed by atoms with E-state index in [1.165, 1.54) is 18.2 Å². The van der Waals surface area contributed by atoms with Crippen molar-refractivity contribution in [3.05, 3.63) is 86.4 Å². The molecule has 1 unspecified atom stereocenters. The van der Waals surface area contributed by atoms with Gasteiger partial charge in [0.15, 0.2) is 5.82 Å². The Morgan fingerprint density at radius 3 is 2.26 bits per heavy atom. The van der Waals surface area contributed by atoms with Gasteiger partial charge in [0, 0.05) is 11.6 Å². The Balaban J connectivity index is 1.52. The average molecular weight is 580 g/mol. The van der Waals surface area contributed by atoms with Crippen molar-refractivity contribution in [2.75, 3.05) is 16.4 Å². The van der Waals surface area contributed by atoms with Crippen LogP contribution in [0.2, 0.25) is 15.1 Å². The number of nitrogens with one attached hydrogen (secondary N) is 2. The van der Waals surface area contributed by atoms with Crippen molar-refractivity contribution in [1.82, 2.24) is 0 Å². The number of alkyl halides is 2. The Kier molecular flexibility index (Phi) is 7.10. The van der Waals surface area contributed by atoms with E-state index >= 15 is 0 Å². The van der Waals surface area contributed by atoms with Crippen LogP contribution in [0.5, 0.6) is 0 Å². The molecule has 1 aliphatic carbocycles. The molecule has 5 nitrogen and oxygen atoms in total. The van der Waals surface area contributed by atoms with Crippen LogP contribution in [0.15, 0.2) is 48.5 Å². The van der Waals surface area contributed by atoms with Gasteiger partial charge in [-0.05, 0) is 48.0 Å². The summed E-state index contributed by atoms with van der Waals surface area (Å²) < 4.78 is 26.2. The zero-order valence-electron chi connectivity index (χ0n) is 17.3. The minimum Gasteiger partial charge on any atom is -0.394 e. The summed E-state index contributed by atoms with van der Waals surface area (Å²) in [6.07, 6.45) is 0. The van der Waals surface area contributed by atoms with Gasteiger partial charge >= 0.3 is 0 Å². The summed E-state index contributed by atoms with van der Waals surface area (Å²) >= 11 is 30.9. The van der Waals surface area contributed by atoms with Crippen molar-refractivity contribution < 1.29 is 18.4 Å². The molecule has 4 rings (SSSR count). The quantitative estimate of drug-likeness (QED) is 0.219. The van der Waals surface area contributed by atoms with Gasteiger partial charge < -0.3 is 16.4 Å². The van der Waals surface area contributed by atoms with Crippen molar-refractivity contribution >= 4 is 86.9 Å². The van der Waals surface area contributed by atoms with Crippen molar-refractivity contribution in [2.24, 2.45) is 5.92 Å². The predicted molar refractivity (Wildman–Crippen MR) is 136 cm³/mol. The lowest BCUT2D eigenvalue weighted by molar-refractivity contribution is -0.117. The third-order valence-electron chi connectivity index (χ3n) is 5.49. The average Bonchev–Trinajstić information content (AvgIpc) is 3.39. The van der Waals surface area contributed by atoms with Crippen molar-refractivity contribution in [3.8, 4) is 0 Å². The Hall–Kier alpha value is -2.29. The fraction of sp³-hybridized carbons (Fsp3) is 0.130. The van der Waals surface area contributed by atoms with Gasteiger partial charge in [0.25, 0.3) is 5.91 Å². The summed E-state index contributed by atoms with van der Waals surface area (Å²) in [6.45, 7) is 0. The Morgan fingerprint density at radius 2 is 1.57 bits per heavy atom. The molecule has 2 amide bonds. The molecule has 1 fully saturated rings. The fourth-order valence-electron chi connectivity index (χ4n) is 3.63. The van der Waals surface area contributed by atoms with Crippen LogP contribution in [0.25, 0.3) is 0 Å². The smallest absolute Gasteiger partial charge is 0.257 e. The van der Waals surface area contributed by atoms with E-state index in [0.717, 1.165) is 12.1 Å². The van der Waals surface area contributed by atoms with E-state index in [1.807, 2.05) is 0 Å². The maximum Gasteiger partial charge on any atom is 0.257 e. The number of benzene rings is 3. The second kappa shape index (κ2) is 9.64. The molecule has 182 valence electrons. The lowest BCUT2D eigenvalue weighted by atomic mass is 10.1. The molecule has 0 spiro atoms. The summed E-state index contributed by atoms with van der Waals surface area (Å²) in [5, 5.41) is 5.60. The Labute approximate surface area is 223 Å². The number of carbonyl (C=O) groups is 2. The summed E-state index contributed by atoms with van der Waals surface area (Å²) in [5.74, 6) is -4.74. The van der Waals surface area contributed by atoms with E-state index in [4.69, 9.17) is 63.7 Å². The van der Waals surface area contributed by atoms with Gasteiger partial charge in [-0.3, -0.25) is 9.59 Å². The van der Waals surface area contributed by atoms with Gasteiger partial charge in [0.2, 0.25) is 5.91 Å². The second-order valence-electron chi connectivity index (χ2n) is 7.76. The highest BCUT2D eigenvalue weighted by molar-refractivity contribution is 6.53. The third kappa shape index (κ3) is 5.01. The molecule has 0 saturated heterocycles. The van der Waals surface area contributed by atoms with Crippen LogP contribution in [0.3, 0.4) is 0 Å². The van der Waals surface area contributed by atoms with Gasteiger partial charge in [-0.2, -0.15) is 0 Å². The molecule has 12 heteroatoms. The zero-order chi connectivity index (χ0) is 25.7. The largest absolute Gasteiger partial charge is 0.394 e. The van der Waals surface area contributed by atoms with Crippen LogP contribution in [0, 0.1) is 17.6 Å². The number of nitrogen functional groups attached to an aromatic ring is 1. The van der Waals surface area contributed by atoms with Crippen LogP contribution in [-0.2, 0) is 4.79 Å². The number of hydrogen-bond acceptors (Lipinski definition) is 3. The van der Waals surface area contributed by atoms with E-state index < -0.39 is 45.3 Å². The highest BCUT2D eigenvalue weighted by Gasteiger charge is 2.67. The Bertz CT molecular complexity index is 1370. The number of rotatable bonds is 5. The van der Waals surface area contributed by atoms with Gasteiger partial charge in [0.1, 0.15) is 15.8 Å². The first kappa shape index (κ1) is 25.8. The normalized spacial score (nSPS) is 18.1. The van der Waals surface area contributed by atoms with Gasteiger partial charge in [-0.1, -0.05) is 40.9 Å². The molecule has 1 saturated carbocycles. The summed E-state index contributed by atoms with van der Waals surface area (Å²) in [4.78, 5) is 25.6. The fourth-order valence-corrected chi connectivity index (χ4v) is 4.96. The molecule has 0 aliphatic heterocycles. The van der Waals surface area contributed by atoms with E-state index in [2.05, 4.69) is 10.6 Å². The number of nitrogens with two attached hydrogens (primary N) is 1. The topological polar surface area (TPSA) is 84.2 Å². The molecule has 1 aliphatic rings. The van der Waals surface area contributed by atoms with Crippen LogP contribution in [0.4, 0.5) is 25.8 Å². The molecule has 2 atom stereocenters. The van der Waals surface area contributed by atoms with E-state index in [1.54, 1.807) is 18.2 Å². The van der Waals surface area contributed by atoms with E-state index in [9.17, 15) is 18.4 Å². The van der Waals surface area contributed by atoms with E-state index in [0.29, 0.717) is 15.6 Å². The number of anilines is 3. The minimum absolute atomic E-state index is 0.0279. The van der Waals surface area contributed by atoms with Crippen LogP contribution in [-0.4, -0.2) is 16.1 Å². The van der Waals surface area contributed by atoms with Crippen molar-refractivity contribution in [2.45, 2.75) is 10.3 Å². The molecule has 35 heavy (non-hydrogen) atoms. The molecule has 0 radical (unpaired) electrons.